The van der Waals surface area contributed by atoms with Crippen LogP contribution in [0.5, 0.6) is 0 Å². The fourth-order valence-corrected chi connectivity index (χ4v) is 3.69. The van der Waals surface area contributed by atoms with Crippen LogP contribution in [0, 0.1) is 11.3 Å². The molecule has 3 heteroatoms. The van der Waals surface area contributed by atoms with Crippen LogP contribution in [0.25, 0.3) is 0 Å². The van der Waals surface area contributed by atoms with Gasteiger partial charge in [-0.2, -0.15) is 0 Å². The molecule has 1 aromatic heterocycles. The van der Waals surface area contributed by atoms with E-state index in [4.69, 9.17) is 0 Å². The van der Waals surface area contributed by atoms with Gasteiger partial charge in [-0.25, -0.2) is 4.98 Å². The van der Waals surface area contributed by atoms with Crippen molar-refractivity contribution in [1.82, 2.24) is 10.3 Å². The molecule has 0 spiro atoms. The van der Waals surface area contributed by atoms with Gasteiger partial charge in [-0.1, -0.05) is 20.8 Å². The third-order valence-corrected chi connectivity index (χ3v) is 5.12. The lowest BCUT2D eigenvalue weighted by Crippen LogP contribution is -2.15. The Hall–Kier alpha value is -0.410. The van der Waals surface area contributed by atoms with Crippen molar-refractivity contribution in [1.29, 1.82) is 0 Å². The van der Waals surface area contributed by atoms with Gasteiger partial charge < -0.3 is 5.32 Å². The van der Waals surface area contributed by atoms with E-state index in [0.717, 1.165) is 6.54 Å². The first-order chi connectivity index (χ1) is 6.55. The number of hydrogen-bond donors (Lipinski definition) is 1. The van der Waals surface area contributed by atoms with Gasteiger partial charge in [0.05, 0.1) is 5.01 Å². The fourth-order valence-electron chi connectivity index (χ4n) is 2.67. The lowest BCUT2D eigenvalue weighted by molar-refractivity contribution is 0.512. The van der Waals surface area contributed by atoms with E-state index in [-0.39, 0.29) is 5.41 Å². The summed E-state index contributed by atoms with van der Waals surface area (Å²) in [4.78, 5) is 4.47. The predicted molar refractivity (Wildman–Crippen MR) is 60.7 cm³/mol. The average molecular weight is 210 g/mol. The predicted octanol–water partition coefficient (Wildman–Crippen LogP) is 2.28. The van der Waals surface area contributed by atoms with Crippen molar-refractivity contribution in [2.75, 3.05) is 13.6 Å². The minimum Gasteiger partial charge on any atom is -0.319 e. The highest BCUT2D eigenvalue weighted by molar-refractivity contribution is 7.09. The molecule has 0 amide bonds. The first-order valence-corrected chi connectivity index (χ1v) is 5.97. The molecule has 1 N–H and O–H groups in total. The van der Waals surface area contributed by atoms with Gasteiger partial charge in [0.15, 0.2) is 0 Å². The molecule has 1 aromatic rings. The standard InChI is InChI=1S/C11H18N2S/c1-10(2)8(7-12-4)11(10,3)9-13-5-6-14-9/h5-6,8,12H,7H2,1-4H3. The maximum absolute atomic E-state index is 4.47. The molecule has 1 aliphatic rings. The largest absolute Gasteiger partial charge is 0.319 e. The number of rotatable bonds is 3. The monoisotopic (exact) mass is 210 g/mol. The summed E-state index contributed by atoms with van der Waals surface area (Å²) in [6, 6.07) is 0. The van der Waals surface area contributed by atoms with Gasteiger partial charge in [-0.3, -0.25) is 0 Å². The summed E-state index contributed by atoms with van der Waals surface area (Å²) in [6.45, 7) is 8.11. The second-order valence-corrected chi connectivity index (χ2v) is 5.77. The molecule has 78 valence electrons. The summed E-state index contributed by atoms with van der Waals surface area (Å²) >= 11 is 1.79. The Morgan fingerprint density at radius 1 is 1.50 bits per heavy atom. The van der Waals surface area contributed by atoms with Crippen LogP contribution in [0.4, 0.5) is 0 Å². The van der Waals surface area contributed by atoms with Gasteiger partial charge in [-0.05, 0) is 24.9 Å². The van der Waals surface area contributed by atoms with E-state index >= 15 is 0 Å². The van der Waals surface area contributed by atoms with Crippen molar-refractivity contribution in [2.24, 2.45) is 11.3 Å². The molecule has 0 aliphatic heterocycles. The average Bonchev–Trinajstić information content (AvgIpc) is 2.64. The summed E-state index contributed by atoms with van der Waals surface area (Å²) in [5.74, 6) is 0.714. The van der Waals surface area contributed by atoms with Crippen molar-refractivity contribution < 1.29 is 0 Å². The van der Waals surface area contributed by atoms with Crippen molar-refractivity contribution in [3.8, 4) is 0 Å². The molecule has 0 radical (unpaired) electrons. The van der Waals surface area contributed by atoms with E-state index in [0.29, 0.717) is 11.3 Å². The van der Waals surface area contributed by atoms with Gasteiger partial charge in [0.25, 0.3) is 0 Å². The summed E-state index contributed by atoms with van der Waals surface area (Å²) in [5.41, 5.74) is 0.665. The quantitative estimate of drug-likeness (QED) is 0.828. The molecule has 1 heterocycles. The van der Waals surface area contributed by atoms with Gasteiger partial charge in [0.1, 0.15) is 0 Å². The van der Waals surface area contributed by atoms with Gasteiger partial charge >= 0.3 is 0 Å². The third-order valence-electron chi connectivity index (χ3n) is 4.11. The maximum atomic E-state index is 4.47. The Kier molecular flexibility index (Phi) is 2.20. The summed E-state index contributed by atoms with van der Waals surface area (Å²) < 4.78 is 0. The first-order valence-electron chi connectivity index (χ1n) is 5.09. The molecule has 0 bridgehead atoms. The fraction of sp³-hybridized carbons (Fsp3) is 0.727. The third kappa shape index (κ3) is 1.09. The molecule has 2 nitrogen and oxygen atoms in total. The second-order valence-electron chi connectivity index (χ2n) is 4.87. The Morgan fingerprint density at radius 3 is 2.71 bits per heavy atom. The topological polar surface area (TPSA) is 24.9 Å². The lowest BCUT2D eigenvalue weighted by atomic mass is 9.99. The van der Waals surface area contributed by atoms with Crippen LogP contribution >= 0.6 is 11.3 Å². The molecule has 0 saturated heterocycles. The van der Waals surface area contributed by atoms with Crippen LogP contribution in [0.15, 0.2) is 11.6 Å². The number of nitrogens with one attached hydrogen (secondary N) is 1. The molecule has 2 unspecified atom stereocenters. The van der Waals surface area contributed by atoms with E-state index in [2.05, 4.69) is 36.5 Å². The zero-order valence-corrected chi connectivity index (χ0v) is 10.1. The summed E-state index contributed by atoms with van der Waals surface area (Å²) in [6.07, 6.45) is 1.91. The van der Waals surface area contributed by atoms with Crippen LogP contribution in [-0.2, 0) is 5.41 Å². The lowest BCUT2D eigenvalue weighted by Gasteiger charge is -2.10. The normalized spacial score (nSPS) is 34.4. The van der Waals surface area contributed by atoms with Gasteiger partial charge in [0, 0.05) is 17.0 Å². The minimum absolute atomic E-state index is 0.282. The van der Waals surface area contributed by atoms with Crippen LogP contribution in [0.1, 0.15) is 25.8 Å². The summed E-state index contributed by atoms with van der Waals surface area (Å²) in [7, 11) is 2.02. The smallest absolute Gasteiger partial charge is 0.0992 e. The van der Waals surface area contributed by atoms with Gasteiger partial charge in [-0.15, -0.1) is 11.3 Å². The SMILES string of the molecule is CNCC1C(C)(C)C1(C)c1nccs1. The zero-order chi connectivity index (χ0) is 10.4. The maximum Gasteiger partial charge on any atom is 0.0992 e. The van der Waals surface area contributed by atoms with Crippen molar-refractivity contribution in [2.45, 2.75) is 26.2 Å². The van der Waals surface area contributed by atoms with Crippen LogP contribution < -0.4 is 5.32 Å². The number of hydrogen-bond acceptors (Lipinski definition) is 3. The van der Waals surface area contributed by atoms with E-state index < -0.39 is 0 Å². The molecule has 2 rings (SSSR count). The highest BCUT2D eigenvalue weighted by atomic mass is 32.1. The Morgan fingerprint density at radius 2 is 2.21 bits per heavy atom. The first kappa shape index (κ1) is 10.1. The second kappa shape index (κ2) is 3.04. The van der Waals surface area contributed by atoms with Crippen molar-refractivity contribution in [3.63, 3.8) is 0 Å². The number of thiazole rings is 1. The molecule has 2 atom stereocenters. The highest BCUT2D eigenvalue weighted by Crippen LogP contribution is 2.69. The summed E-state index contributed by atoms with van der Waals surface area (Å²) in [5, 5.41) is 6.65. The van der Waals surface area contributed by atoms with E-state index in [1.165, 1.54) is 5.01 Å². The molecular formula is C11H18N2S. The molecule has 14 heavy (non-hydrogen) atoms. The van der Waals surface area contributed by atoms with Crippen LogP contribution in [-0.4, -0.2) is 18.6 Å². The van der Waals surface area contributed by atoms with Crippen LogP contribution in [0.3, 0.4) is 0 Å². The molecule has 1 aliphatic carbocycles. The van der Waals surface area contributed by atoms with E-state index in [1.54, 1.807) is 11.3 Å². The Bertz CT molecular complexity index is 318. The van der Waals surface area contributed by atoms with Crippen LogP contribution in [0.2, 0.25) is 0 Å². The Balaban J connectivity index is 2.27. The number of aromatic nitrogens is 1. The molecular weight excluding hydrogens is 192 g/mol. The van der Waals surface area contributed by atoms with E-state index in [9.17, 15) is 0 Å². The van der Waals surface area contributed by atoms with E-state index in [1.807, 2.05) is 13.2 Å². The zero-order valence-electron chi connectivity index (χ0n) is 9.29. The van der Waals surface area contributed by atoms with Gasteiger partial charge in [0.2, 0.25) is 0 Å². The number of nitrogens with zero attached hydrogens (tertiary/aromatic N) is 1. The highest BCUT2D eigenvalue weighted by Gasteiger charge is 2.69. The molecule has 0 aromatic carbocycles. The minimum atomic E-state index is 0.282. The van der Waals surface area contributed by atoms with Crippen molar-refractivity contribution >= 4 is 11.3 Å². The molecule has 1 fully saturated rings. The van der Waals surface area contributed by atoms with Crippen molar-refractivity contribution in [3.05, 3.63) is 16.6 Å². The Labute approximate surface area is 89.8 Å². The molecule has 1 saturated carbocycles.